The van der Waals surface area contributed by atoms with Crippen molar-refractivity contribution in [2.24, 2.45) is 0 Å². The molecule has 2 aromatic heterocycles. The van der Waals surface area contributed by atoms with Crippen molar-refractivity contribution >= 4 is 25.2 Å². The first-order valence-electron chi connectivity index (χ1n) is 16.3. The zero-order valence-electron chi connectivity index (χ0n) is 27.7. The Labute approximate surface area is 267 Å². The molecule has 3 saturated heterocycles. The number of hydrogen-bond acceptors (Lipinski definition) is 8. The summed E-state index contributed by atoms with van der Waals surface area (Å²) in [6, 6.07) is 7.06. The molecule has 0 aromatic carbocycles. The molecule has 2 aromatic rings. The SMILES string of the molecule is CC1(C)O[C@@H]2[C@H](O1)[C@@]1(C)CC(c3ccc(NC(=O)c4nc(C#N)cn4COCC[Si](C)(C)C)c(C4=CCCCC4)n3)C[C@]2(C)O1. The number of nitrogens with zero attached hydrogens (tertiary/aromatic N) is 4. The number of allylic oxidation sites excluding steroid dienone is 2. The first kappa shape index (κ1) is 32.1. The molecule has 11 heteroatoms. The number of ether oxygens (including phenoxy) is 4. The van der Waals surface area contributed by atoms with Crippen LogP contribution in [-0.4, -0.2) is 64.3 Å². The smallest absolute Gasteiger partial charge is 0.291 e. The number of carbonyl (C=O) groups is 1. The van der Waals surface area contributed by atoms with E-state index in [0.717, 1.165) is 61.5 Å². The zero-order valence-corrected chi connectivity index (χ0v) is 28.7. The Morgan fingerprint density at radius 3 is 2.44 bits per heavy atom. The van der Waals surface area contributed by atoms with E-state index in [1.807, 2.05) is 26.0 Å². The van der Waals surface area contributed by atoms with Crippen LogP contribution in [-0.2, 0) is 25.7 Å². The van der Waals surface area contributed by atoms with Crippen LogP contribution in [0.3, 0.4) is 0 Å². The molecule has 3 aliphatic heterocycles. The van der Waals surface area contributed by atoms with Gasteiger partial charge in [-0.1, -0.05) is 25.7 Å². The number of imidazole rings is 1. The van der Waals surface area contributed by atoms with E-state index in [1.165, 1.54) is 0 Å². The summed E-state index contributed by atoms with van der Waals surface area (Å²) >= 11 is 0. The molecule has 0 saturated carbocycles. The number of amides is 1. The van der Waals surface area contributed by atoms with Crippen LogP contribution in [0.5, 0.6) is 0 Å². The molecule has 242 valence electrons. The van der Waals surface area contributed by atoms with Crippen molar-refractivity contribution in [1.29, 1.82) is 5.26 Å². The molecule has 45 heavy (non-hydrogen) atoms. The third-order valence-electron chi connectivity index (χ3n) is 9.57. The molecular formula is C34H47N5O5Si. The molecule has 1 amide bonds. The Balaban J connectivity index is 1.26. The lowest BCUT2D eigenvalue weighted by Gasteiger charge is -2.43. The third kappa shape index (κ3) is 6.54. The largest absolute Gasteiger partial charge is 0.363 e. The van der Waals surface area contributed by atoms with Crippen molar-refractivity contribution in [3.63, 3.8) is 0 Å². The fraction of sp³-hybridized carbons (Fsp3) is 0.647. The van der Waals surface area contributed by atoms with Crippen LogP contribution in [0, 0.1) is 11.3 Å². The molecular weight excluding hydrogens is 586 g/mol. The molecule has 0 radical (unpaired) electrons. The number of hydrogen-bond donors (Lipinski definition) is 1. The normalized spacial score (nSPS) is 30.4. The number of nitrogens with one attached hydrogen (secondary N) is 1. The summed E-state index contributed by atoms with van der Waals surface area (Å²) in [5.74, 6) is -0.738. The first-order valence-corrected chi connectivity index (χ1v) is 20.0. The standard InChI is InChI=1S/C34H47N5O5Si/c1-32(2)42-28-29(43-32)34(4)18-23(17-33(28,3)44-34)25-13-14-26(27(37-25)22-11-9-8-10-12-22)38-31(40)30-36-24(19-35)20-39(30)21-41-15-16-45(5,6)7/h11,13-14,20,23,28-29H,8-10,12,15-18,21H2,1-7H3,(H,38,40)/t23?,28-,29+,33+,34-. The molecule has 5 atom stereocenters. The fourth-order valence-corrected chi connectivity index (χ4v) is 8.20. The van der Waals surface area contributed by atoms with E-state index in [4.69, 9.17) is 23.9 Å². The summed E-state index contributed by atoms with van der Waals surface area (Å²) in [6.45, 7) is 15.9. The number of pyridine rings is 1. The number of nitriles is 1. The number of aromatic nitrogens is 3. The van der Waals surface area contributed by atoms with E-state index in [1.54, 1.807) is 10.8 Å². The Bertz CT molecular complexity index is 1510. The maximum absolute atomic E-state index is 13.7. The van der Waals surface area contributed by atoms with Gasteiger partial charge in [0.1, 0.15) is 25.0 Å². The van der Waals surface area contributed by atoms with Crippen LogP contribution in [0.2, 0.25) is 25.7 Å². The van der Waals surface area contributed by atoms with Gasteiger partial charge in [-0.2, -0.15) is 5.26 Å². The minimum absolute atomic E-state index is 0.136. The number of anilines is 1. The second-order valence-corrected chi connectivity index (χ2v) is 20.9. The number of rotatable bonds is 9. The maximum Gasteiger partial charge on any atom is 0.291 e. The Morgan fingerprint density at radius 1 is 1.11 bits per heavy atom. The van der Waals surface area contributed by atoms with E-state index >= 15 is 0 Å². The van der Waals surface area contributed by atoms with Crippen molar-refractivity contribution in [3.05, 3.63) is 47.3 Å². The van der Waals surface area contributed by atoms with E-state index in [9.17, 15) is 10.1 Å². The van der Waals surface area contributed by atoms with E-state index < -0.39 is 31.0 Å². The lowest BCUT2D eigenvalue weighted by Crippen LogP contribution is -2.46. The summed E-state index contributed by atoms with van der Waals surface area (Å²) in [5, 5.41) is 12.6. The second-order valence-electron chi connectivity index (χ2n) is 15.3. The average molecular weight is 634 g/mol. The highest BCUT2D eigenvalue weighted by Gasteiger charge is 2.68. The third-order valence-corrected chi connectivity index (χ3v) is 11.3. The van der Waals surface area contributed by atoms with Gasteiger partial charge in [-0.3, -0.25) is 9.78 Å². The topological polar surface area (TPSA) is 121 Å². The van der Waals surface area contributed by atoms with E-state index in [-0.39, 0.29) is 36.4 Å². The van der Waals surface area contributed by atoms with Crippen LogP contribution in [0.25, 0.3) is 5.57 Å². The minimum atomic E-state index is -1.26. The molecule has 10 nitrogen and oxygen atoms in total. The highest BCUT2D eigenvalue weighted by Crippen LogP contribution is 2.58. The van der Waals surface area contributed by atoms with Gasteiger partial charge in [0.05, 0.1) is 22.6 Å². The summed E-state index contributed by atoms with van der Waals surface area (Å²) < 4.78 is 26.9. The zero-order chi connectivity index (χ0) is 32.2. The fourth-order valence-electron chi connectivity index (χ4n) is 7.45. The van der Waals surface area contributed by atoms with Gasteiger partial charge in [0.2, 0.25) is 5.82 Å². The molecule has 5 heterocycles. The Kier molecular flexibility index (Phi) is 8.36. The van der Waals surface area contributed by atoms with Gasteiger partial charge >= 0.3 is 0 Å². The Hall–Kier alpha value is -2.88. The van der Waals surface area contributed by atoms with Crippen molar-refractivity contribution in [2.75, 3.05) is 11.9 Å². The lowest BCUT2D eigenvalue weighted by atomic mass is 9.82. The Morgan fingerprint density at radius 2 is 1.82 bits per heavy atom. The quantitative estimate of drug-likeness (QED) is 0.242. The van der Waals surface area contributed by atoms with Gasteiger partial charge in [-0.05, 0) is 90.0 Å². The maximum atomic E-state index is 13.7. The highest BCUT2D eigenvalue weighted by molar-refractivity contribution is 6.76. The summed E-state index contributed by atoms with van der Waals surface area (Å²) in [7, 11) is -1.26. The van der Waals surface area contributed by atoms with Crippen molar-refractivity contribution < 1.29 is 23.7 Å². The van der Waals surface area contributed by atoms with E-state index in [0.29, 0.717) is 12.3 Å². The number of fused-ring (bicyclic) bond motifs is 5. The van der Waals surface area contributed by atoms with Crippen LogP contribution in [0.15, 0.2) is 24.4 Å². The monoisotopic (exact) mass is 633 g/mol. The van der Waals surface area contributed by atoms with Crippen LogP contribution < -0.4 is 5.32 Å². The molecule has 6 rings (SSSR count). The van der Waals surface area contributed by atoms with E-state index in [2.05, 4.69) is 55.9 Å². The van der Waals surface area contributed by atoms with Crippen LogP contribution in [0.4, 0.5) is 5.69 Å². The van der Waals surface area contributed by atoms with Crippen molar-refractivity contribution in [3.8, 4) is 6.07 Å². The molecule has 0 spiro atoms. The van der Waals surface area contributed by atoms with Crippen LogP contribution in [0.1, 0.15) is 99.8 Å². The lowest BCUT2D eigenvalue weighted by molar-refractivity contribution is -0.242. The molecule has 3 fully saturated rings. The highest BCUT2D eigenvalue weighted by atomic mass is 28.3. The van der Waals surface area contributed by atoms with Gasteiger partial charge in [-0.15, -0.1) is 0 Å². The van der Waals surface area contributed by atoms with Gasteiger partial charge in [0.25, 0.3) is 5.91 Å². The second kappa shape index (κ2) is 11.7. The summed E-state index contributed by atoms with van der Waals surface area (Å²) in [5.41, 5.74) is 2.78. The van der Waals surface area contributed by atoms with Crippen molar-refractivity contribution in [1.82, 2.24) is 14.5 Å². The van der Waals surface area contributed by atoms with Crippen molar-refractivity contribution in [2.45, 2.75) is 134 Å². The van der Waals surface area contributed by atoms with Gasteiger partial charge in [0.15, 0.2) is 11.5 Å². The summed E-state index contributed by atoms with van der Waals surface area (Å²) in [4.78, 5) is 23.2. The minimum Gasteiger partial charge on any atom is -0.363 e. The molecule has 4 aliphatic rings. The average Bonchev–Trinajstić information content (AvgIpc) is 3.59. The number of carbonyl (C=O) groups excluding carboxylic acids is 1. The molecule has 1 unspecified atom stereocenters. The first-order chi connectivity index (χ1) is 21.2. The van der Waals surface area contributed by atoms with Gasteiger partial charge in [0, 0.05) is 32.5 Å². The van der Waals surface area contributed by atoms with Crippen LogP contribution >= 0.6 is 0 Å². The predicted molar refractivity (Wildman–Crippen MR) is 173 cm³/mol. The molecule has 2 bridgehead atoms. The molecule has 1 N–H and O–H groups in total. The summed E-state index contributed by atoms with van der Waals surface area (Å²) in [6.07, 6.45) is 9.20. The predicted octanol–water partition coefficient (Wildman–Crippen LogP) is 6.62. The molecule has 1 aliphatic carbocycles. The van der Waals surface area contributed by atoms with Gasteiger partial charge < -0.3 is 28.8 Å². The van der Waals surface area contributed by atoms with Gasteiger partial charge in [-0.25, -0.2) is 4.98 Å².